The summed E-state index contributed by atoms with van der Waals surface area (Å²) in [6.45, 7) is 5.59. The molecule has 4 rings (SSSR count). The largest absolute Gasteiger partial charge is 0.459 e. The zero-order chi connectivity index (χ0) is 15.8. The minimum Gasteiger partial charge on any atom is -0.459 e. The zero-order valence-electron chi connectivity index (χ0n) is 13.3. The Labute approximate surface area is 135 Å². The van der Waals surface area contributed by atoms with E-state index in [1.54, 1.807) is 12.5 Å². The van der Waals surface area contributed by atoms with Crippen molar-refractivity contribution in [3.63, 3.8) is 0 Å². The number of likely N-dealkylation sites (tertiary alicyclic amines) is 2. The standard InChI is InChI=1S/C18H21N3O2/c1-13-5-8-23-17(13)18(22)20-7-4-15-11-21(16(15)12-20)10-14-3-2-6-19-9-14/h2-3,5-6,8-9,15-16H,4,7,10-12H2,1H3/t15-,16-/m1/s1. The summed E-state index contributed by atoms with van der Waals surface area (Å²) in [6, 6.07) is 6.39. The van der Waals surface area contributed by atoms with Gasteiger partial charge in [0.25, 0.3) is 5.91 Å². The SMILES string of the molecule is Cc1ccoc1C(=O)N1CC[C@@H]2CN(Cc3cccnc3)[C@@H]2C1. The fourth-order valence-electron chi connectivity index (χ4n) is 3.73. The van der Waals surface area contributed by atoms with Gasteiger partial charge in [-0.1, -0.05) is 6.07 Å². The molecule has 0 saturated carbocycles. The summed E-state index contributed by atoms with van der Waals surface area (Å²) in [7, 11) is 0. The van der Waals surface area contributed by atoms with Crippen LogP contribution in [0.1, 0.15) is 28.1 Å². The van der Waals surface area contributed by atoms with Gasteiger partial charge in [-0.15, -0.1) is 0 Å². The molecular formula is C18H21N3O2. The number of piperidine rings is 1. The zero-order valence-corrected chi connectivity index (χ0v) is 13.3. The Bertz CT molecular complexity index is 697. The summed E-state index contributed by atoms with van der Waals surface area (Å²) in [4.78, 5) is 21.2. The van der Waals surface area contributed by atoms with E-state index in [4.69, 9.17) is 4.42 Å². The lowest BCUT2D eigenvalue weighted by Crippen LogP contribution is -2.64. The predicted octanol–water partition coefficient (Wildman–Crippen LogP) is 2.33. The van der Waals surface area contributed by atoms with Crippen molar-refractivity contribution < 1.29 is 9.21 Å². The number of pyridine rings is 1. The van der Waals surface area contributed by atoms with Gasteiger partial charge in [0.1, 0.15) is 0 Å². The second-order valence-corrected chi connectivity index (χ2v) is 6.59. The van der Waals surface area contributed by atoms with Crippen molar-refractivity contribution in [2.24, 2.45) is 5.92 Å². The van der Waals surface area contributed by atoms with Crippen LogP contribution in [-0.4, -0.2) is 46.4 Å². The molecule has 5 heteroatoms. The second-order valence-electron chi connectivity index (χ2n) is 6.59. The number of amides is 1. The van der Waals surface area contributed by atoms with Crippen LogP contribution in [0.4, 0.5) is 0 Å². The van der Waals surface area contributed by atoms with Crippen LogP contribution in [0.25, 0.3) is 0 Å². The van der Waals surface area contributed by atoms with Gasteiger partial charge in [0.2, 0.25) is 0 Å². The maximum atomic E-state index is 12.6. The summed E-state index contributed by atoms with van der Waals surface area (Å²) < 4.78 is 5.37. The number of hydrogen-bond acceptors (Lipinski definition) is 4. The van der Waals surface area contributed by atoms with Crippen molar-refractivity contribution in [1.29, 1.82) is 0 Å². The van der Waals surface area contributed by atoms with Crippen molar-refractivity contribution in [3.8, 4) is 0 Å². The molecule has 2 atom stereocenters. The second kappa shape index (κ2) is 5.81. The first-order valence-corrected chi connectivity index (χ1v) is 8.18. The molecule has 0 unspecified atom stereocenters. The van der Waals surface area contributed by atoms with Crippen LogP contribution < -0.4 is 0 Å². The van der Waals surface area contributed by atoms with Crippen molar-refractivity contribution >= 4 is 5.91 Å². The van der Waals surface area contributed by atoms with Crippen molar-refractivity contribution in [3.05, 3.63) is 53.7 Å². The molecule has 120 valence electrons. The molecule has 2 aliphatic rings. The molecule has 2 aliphatic heterocycles. The van der Waals surface area contributed by atoms with E-state index in [0.717, 1.165) is 38.2 Å². The molecule has 5 nitrogen and oxygen atoms in total. The third-order valence-corrected chi connectivity index (χ3v) is 5.11. The van der Waals surface area contributed by atoms with E-state index in [9.17, 15) is 4.79 Å². The number of carbonyl (C=O) groups is 1. The third kappa shape index (κ3) is 2.65. The Morgan fingerprint density at radius 3 is 3.04 bits per heavy atom. The molecule has 23 heavy (non-hydrogen) atoms. The van der Waals surface area contributed by atoms with Gasteiger partial charge in [-0.25, -0.2) is 0 Å². The van der Waals surface area contributed by atoms with Gasteiger partial charge in [0.15, 0.2) is 5.76 Å². The maximum Gasteiger partial charge on any atom is 0.289 e. The number of aromatic nitrogens is 1. The lowest BCUT2D eigenvalue weighted by molar-refractivity contribution is -0.0433. The maximum absolute atomic E-state index is 12.6. The molecule has 0 aliphatic carbocycles. The average Bonchev–Trinajstić information content (AvgIpc) is 2.99. The molecule has 0 radical (unpaired) electrons. The van der Waals surface area contributed by atoms with Gasteiger partial charge in [0, 0.05) is 50.2 Å². The first-order valence-electron chi connectivity index (χ1n) is 8.18. The number of rotatable bonds is 3. The Hall–Kier alpha value is -2.14. The van der Waals surface area contributed by atoms with E-state index in [-0.39, 0.29) is 5.91 Å². The van der Waals surface area contributed by atoms with E-state index in [2.05, 4.69) is 16.0 Å². The van der Waals surface area contributed by atoms with Crippen LogP contribution in [0.3, 0.4) is 0 Å². The van der Waals surface area contributed by atoms with E-state index in [1.807, 2.05) is 30.2 Å². The highest BCUT2D eigenvalue weighted by Crippen LogP contribution is 2.34. The highest BCUT2D eigenvalue weighted by atomic mass is 16.3. The van der Waals surface area contributed by atoms with Crippen LogP contribution in [0.2, 0.25) is 0 Å². The molecule has 0 aromatic carbocycles. The molecule has 4 heterocycles. The summed E-state index contributed by atoms with van der Waals surface area (Å²) >= 11 is 0. The normalized spacial score (nSPS) is 24.1. The van der Waals surface area contributed by atoms with Gasteiger partial charge < -0.3 is 9.32 Å². The molecule has 2 saturated heterocycles. The van der Waals surface area contributed by atoms with Crippen LogP contribution in [0.5, 0.6) is 0 Å². The lowest BCUT2D eigenvalue weighted by Gasteiger charge is -2.53. The Morgan fingerprint density at radius 1 is 1.39 bits per heavy atom. The fourth-order valence-corrected chi connectivity index (χ4v) is 3.73. The third-order valence-electron chi connectivity index (χ3n) is 5.11. The quantitative estimate of drug-likeness (QED) is 0.873. The van der Waals surface area contributed by atoms with Crippen molar-refractivity contribution in [1.82, 2.24) is 14.8 Å². The van der Waals surface area contributed by atoms with Gasteiger partial charge in [0.05, 0.1) is 6.26 Å². The van der Waals surface area contributed by atoms with Gasteiger partial charge in [-0.05, 0) is 37.0 Å². The number of hydrogen-bond donors (Lipinski definition) is 0. The number of aryl methyl sites for hydroxylation is 1. The highest BCUT2D eigenvalue weighted by Gasteiger charge is 2.43. The first kappa shape index (κ1) is 14.5. The Kier molecular flexibility index (Phi) is 3.65. The Morgan fingerprint density at radius 2 is 2.30 bits per heavy atom. The topological polar surface area (TPSA) is 49.6 Å². The summed E-state index contributed by atoms with van der Waals surface area (Å²) in [6.07, 6.45) is 6.40. The molecule has 0 bridgehead atoms. The molecule has 2 aromatic heterocycles. The number of furan rings is 1. The van der Waals surface area contributed by atoms with Crippen LogP contribution in [0.15, 0.2) is 41.3 Å². The van der Waals surface area contributed by atoms with E-state index < -0.39 is 0 Å². The average molecular weight is 311 g/mol. The van der Waals surface area contributed by atoms with Crippen LogP contribution in [-0.2, 0) is 6.54 Å². The molecule has 0 N–H and O–H groups in total. The van der Waals surface area contributed by atoms with E-state index in [1.165, 1.54) is 5.56 Å². The number of carbonyl (C=O) groups excluding carboxylic acids is 1. The molecule has 2 aromatic rings. The molecule has 0 spiro atoms. The van der Waals surface area contributed by atoms with Crippen molar-refractivity contribution in [2.75, 3.05) is 19.6 Å². The van der Waals surface area contributed by atoms with Crippen LogP contribution in [0, 0.1) is 12.8 Å². The van der Waals surface area contributed by atoms with E-state index >= 15 is 0 Å². The Balaban J connectivity index is 1.42. The monoisotopic (exact) mass is 311 g/mol. The van der Waals surface area contributed by atoms with Gasteiger partial charge in [-0.3, -0.25) is 14.7 Å². The summed E-state index contributed by atoms with van der Waals surface area (Å²) in [5.74, 6) is 1.23. The number of nitrogens with zero attached hydrogens (tertiary/aromatic N) is 3. The molecule has 2 fully saturated rings. The fraction of sp³-hybridized carbons (Fsp3) is 0.444. The highest BCUT2D eigenvalue weighted by molar-refractivity contribution is 5.93. The minimum absolute atomic E-state index is 0.0270. The van der Waals surface area contributed by atoms with E-state index in [0.29, 0.717) is 17.7 Å². The van der Waals surface area contributed by atoms with Crippen LogP contribution >= 0.6 is 0 Å². The molecular weight excluding hydrogens is 290 g/mol. The van der Waals surface area contributed by atoms with Gasteiger partial charge in [-0.2, -0.15) is 0 Å². The predicted molar refractivity (Wildman–Crippen MR) is 85.9 cm³/mol. The first-order chi connectivity index (χ1) is 11.2. The van der Waals surface area contributed by atoms with Gasteiger partial charge >= 0.3 is 0 Å². The smallest absolute Gasteiger partial charge is 0.289 e. The van der Waals surface area contributed by atoms with Crippen molar-refractivity contribution in [2.45, 2.75) is 25.9 Å². The minimum atomic E-state index is 0.0270. The summed E-state index contributed by atoms with van der Waals surface area (Å²) in [5.41, 5.74) is 2.15. The summed E-state index contributed by atoms with van der Waals surface area (Å²) in [5, 5.41) is 0. The number of fused-ring (bicyclic) bond motifs is 1. The molecule has 1 amide bonds. The lowest BCUT2D eigenvalue weighted by atomic mass is 9.82.